The van der Waals surface area contributed by atoms with Gasteiger partial charge in [0.05, 0.1) is 16.0 Å². The summed E-state index contributed by atoms with van der Waals surface area (Å²) in [6, 6.07) is 13.7. The van der Waals surface area contributed by atoms with Gasteiger partial charge in [-0.15, -0.1) is 0 Å². The molecule has 0 radical (unpaired) electrons. The molecule has 0 amide bonds. The lowest BCUT2D eigenvalue weighted by Gasteiger charge is -2.07. The number of halogens is 1. The van der Waals surface area contributed by atoms with Gasteiger partial charge in [0.2, 0.25) is 0 Å². The van der Waals surface area contributed by atoms with Gasteiger partial charge in [-0.25, -0.2) is 9.78 Å². The van der Waals surface area contributed by atoms with Crippen LogP contribution in [-0.2, 0) is 0 Å². The van der Waals surface area contributed by atoms with Crippen LogP contribution in [0.15, 0.2) is 54.6 Å². The molecule has 3 rings (SSSR count). The Hall–Kier alpha value is -2.99. The molecule has 0 atom stereocenters. The van der Waals surface area contributed by atoms with Gasteiger partial charge >= 0.3 is 5.97 Å². The van der Waals surface area contributed by atoms with Crippen molar-refractivity contribution in [2.24, 2.45) is 0 Å². The fourth-order valence-corrected chi connectivity index (χ4v) is 2.31. The van der Waals surface area contributed by atoms with E-state index in [1.807, 2.05) is 0 Å². The maximum atomic E-state index is 12.4. The van der Waals surface area contributed by atoms with Crippen molar-refractivity contribution in [1.29, 1.82) is 0 Å². The van der Waals surface area contributed by atoms with Gasteiger partial charge in [-0.05, 0) is 24.3 Å². The van der Waals surface area contributed by atoms with E-state index in [1.165, 1.54) is 30.3 Å². The average molecular weight is 329 g/mol. The molecule has 3 aromatic rings. The van der Waals surface area contributed by atoms with Crippen molar-refractivity contribution >= 4 is 34.2 Å². The fourth-order valence-electron chi connectivity index (χ4n) is 2.11. The number of aromatic nitrogens is 1. The van der Waals surface area contributed by atoms with E-state index >= 15 is 0 Å². The van der Waals surface area contributed by atoms with Gasteiger partial charge in [-0.1, -0.05) is 29.8 Å². The molecule has 0 spiro atoms. The second kappa shape index (κ2) is 6.02. The number of fused-ring (bicyclic) bond motifs is 1. The smallest absolute Gasteiger partial charge is 0.344 e. The van der Waals surface area contributed by atoms with E-state index in [4.69, 9.17) is 16.3 Å². The van der Waals surface area contributed by atoms with Gasteiger partial charge in [-0.3, -0.25) is 10.1 Å². The van der Waals surface area contributed by atoms with Gasteiger partial charge in [0.15, 0.2) is 0 Å². The van der Waals surface area contributed by atoms with Crippen LogP contribution in [0.3, 0.4) is 0 Å². The number of non-ortho nitro benzene ring substituents is 1. The second-order valence-electron chi connectivity index (χ2n) is 4.65. The van der Waals surface area contributed by atoms with Crippen LogP contribution in [-0.4, -0.2) is 15.9 Å². The third kappa shape index (κ3) is 3.12. The number of hydrogen-bond donors (Lipinski definition) is 0. The second-order valence-corrected chi connectivity index (χ2v) is 5.04. The van der Waals surface area contributed by atoms with Gasteiger partial charge in [-0.2, -0.15) is 0 Å². The van der Waals surface area contributed by atoms with Crippen molar-refractivity contribution < 1.29 is 14.5 Å². The summed E-state index contributed by atoms with van der Waals surface area (Å²) in [6.45, 7) is 0. The third-order valence-corrected chi connectivity index (χ3v) is 3.36. The summed E-state index contributed by atoms with van der Waals surface area (Å²) in [5, 5.41) is 11.4. The van der Waals surface area contributed by atoms with E-state index < -0.39 is 10.9 Å². The lowest BCUT2D eigenvalue weighted by Crippen LogP contribution is -2.09. The Morgan fingerprint density at radius 2 is 1.83 bits per heavy atom. The average Bonchev–Trinajstić information content (AvgIpc) is 2.54. The monoisotopic (exact) mass is 328 g/mol. The first-order valence-electron chi connectivity index (χ1n) is 6.56. The first-order valence-corrected chi connectivity index (χ1v) is 6.94. The summed E-state index contributed by atoms with van der Waals surface area (Å²) >= 11 is 5.93. The van der Waals surface area contributed by atoms with E-state index in [-0.39, 0.29) is 22.2 Å². The van der Waals surface area contributed by atoms with Gasteiger partial charge < -0.3 is 4.74 Å². The molecule has 7 heteroatoms. The Kier molecular flexibility index (Phi) is 3.91. The number of benzene rings is 2. The molecular weight excluding hydrogens is 320 g/mol. The number of nitro benzene ring substituents is 1. The first kappa shape index (κ1) is 14.9. The molecule has 0 unspecified atom stereocenters. The topological polar surface area (TPSA) is 82.3 Å². The number of hydrogen-bond acceptors (Lipinski definition) is 5. The molecule has 6 nitrogen and oxygen atoms in total. The van der Waals surface area contributed by atoms with Crippen LogP contribution in [0.4, 0.5) is 5.69 Å². The highest BCUT2D eigenvalue weighted by molar-refractivity contribution is 6.30. The summed E-state index contributed by atoms with van der Waals surface area (Å²) in [4.78, 5) is 26.6. The Morgan fingerprint density at radius 1 is 1.13 bits per heavy atom. The number of nitro groups is 1. The molecule has 0 saturated carbocycles. The number of carbonyl (C=O) groups is 1. The molecule has 0 fully saturated rings. The van der Waals surface area contributed by atoms with Crippen LogP contribution in [0.5, 0.6) is 5.75 Å². The molecule has 0 N–H and O–H groups in total. The standard InChI is InChI=1S/C16H9ClN2O4/c17-15-9-13(12-3-1-2-4-14(12)18-15)16(20)23-11-7-5-10(6-8-11)19(21)22/h1-9H. The molecule has 1 aromatic heterocycles. The zero-order chi connectivity index (χ0) is 16.4. The minimum absolute atomic E-state index is 0.0813. The van der Waals surface area contributed by atoms with Crippen LogP contribution in [0.25, 0.3) is 10.9 Å². The predicted octanol–water partition coefficient (Wildman–Crippen LogP) is 4.02. The Morgan fingerprint density at radius 3 is 2.52 bits per heavy atom. The van der Waals surface area contributed by atoms with Crippen molar-refractivity contribution in [3.8, 4) is 5.75 Å². The van der Waals surface area contributed by atoms with Crippen molar-refractivity contribution in [3.05, 3.63) is 75.4 Å². The number of pyridine rings is 1. The van der Waals surface area contributed by atoms with Crippen molar-refractivity contribution in [1.82, 2.24) is 4.98 Å². The van der Waals surface area contributed by atoms with Gasteiger partial charge in [0, 0.05) is 17.5 Å². The maximum absolute atomic E-state index is 12.4. The lowest BCUT2D eigenvalue weighted by molar-refractivity contribution is -0.384. The summed E-state index contributed by atoms with van der Waals surface area (Å²) < 4.78 is 5.25. The highest BCUT2D eigenvalue weighted by atomic mass is 35.5. The van der Waals surface area contributed by atoms with Crippen LogP contribution in [0.2, 0.25) is 5.15 Å². The quantitative estimate of drug-likeness (QED) is 0.238. The molecule has 1 heterocycles. The zero-order valence-corrected chi connectivity index (χ0v) is 12.4. The Bertz CT molecular complexity index is 910. The molecule has 0 aliphatic heterocycles. The van der Waals surface area contributed by atoms with Crippen molar-refractivity contribution in [3.63, 3.8) is 0 Å². The van der Waals surface area contributed by atoms with E-state index in [2.05, 4.69) is 4.98 Å². The first-order chi connectivity index (χ1) is 11.0. The number of esters is 1. The highest BCUT2D eigenvalue weighted by Crippen LogP contribution is 2.23. The molecular formula is C16H9ClN2O4. The van der Waals surface area contributed by atoms with Crippen LogP contribution < -0.4 is 4.74 Å². The number of nitrogens with zero attached hydrogens (tertiary/aromatic N) is 2. The van der Waals surface area contributed by atoms with E-state index in [9.17, 15) is 14.9 Å². The summed E-state index contributed by atoms with van der Waals surface area (Å²) in [6.07, 6.45) is 0. The Labute approximate surface area is 135 Å². The number of ether oxygens (including phenoxy) is 1. The van der Waals surface area contributed by atoms with Gasteiger partial charge in [0.25, 0.3) is 5.69 Å². The predicted molar refractivity (Wildman–Crippen MR) is 84.8 cm³/mol. The molecule has 0 aliphatic rings. The number of para-hydroxylation sites is 1. The Balaban J connectivity index is 1.93. The van der Waals surface area contributed by atoms with Crippen molar-refractivity contribution in [2.45, 2.75) is 0 Å². The zero-order valence-electron chi connectivity index (χ0n) is 11.6. The molecule has 0 saturated heterocycles. The SMILES string of the molecule is O=C(Oc1ccc([N+](=O)[O-])cc1)c1cc(Cl)nc2ccccc12. The summed E-state index contributed by atoms with van der Waals surface area (Å²) in [5.41, 5.74) is 0.775. The van der Waals surface area contributed by atoms with Crippen molar-refractivity contribution in [2.75, 3.05) is 0 Å². The van der Waals surface area contributed by atoms with E-state index in [0.29, 0.717) is 10.9 Å². The van der Waals surface area contributed by atoms with E-state index in [0.717, 1.165) is 0 Å². The molecule has 114 valence electrons. The van der Waals surface area contributed by atoms with Crippen LogP contribution in [0.1, 0.15) is 10.4 Å². The molecule has 2 aromatic carbocycles. The number of carbonyl (C=O) groups excluding carboxylic acids is 1. The normalized spacial score (nSPS) is 10.5. The van der Waals surface area contributed by atoms with E-state index in [1.54, 1.807) is 24.3 Å². The molecule has 0 bridgehead atoms. The lowest BCUT2D eigenvalue weighted by atomic mass is 10.1. The minimum Gasteiger partial charge on any atom is -0.423 e. The summed E-state index contributed by atoms with van der Waals surface area (Å²) in [7, 11) is 0. The third-order valence-electron chi connectivity index (χ3n) is 3.16. The minimum atomic E-state index is -0.612. The van der Waals surface area contributed by atoms with Crippen LogP contribution >= 0.6 is 11.6 Å². The summed E-state index contributed by atoms with van der Waals surface area (Å²) in [5.74, 6) is -0.406. The van der Waals surface area contributed by atoms with Gasteiger partial charge in [0.1, 0.15) is 10.9 Å². The largest absolute Gasteiger partial charge is 0.423 e. The highest BCUT2D eigenvalue weighted by Gasteiger charge is 2.15. The van der Waals surface area contributed by atoms with Crippen LogP contribution in [0, 0.1) is 10.1 Å². The fraction of sp³-hybridized carbons (Fsp3) is 0. The molecule has 0 aliphatic carbocycles. The maximum Gasteiger partial charge on any atom is 0.344 e. The number of rotatable bonds is 3. The molecule has 23 heavy (non-hydrogen) atoms.